The summed E-state index contributed by atoms with van der Waals surface area (Å²) in [4.78, 5) is 20.0. The number of aromatic nitrogens is 1. The van der Waals surface area contributed by atoms with E-state index in [0.717, 1.165) is 47.2 Å². The number of piperazine rings is 1. The van der Waals surface area contributed by atoms with E-state index >= 15 is 0 Å². The zero-order chi connectivity index (χ0) is 19.5. The molecular weight excluding hydrogens is 414 g/mol. The predicted molar refractivity (Wildman–Crippen MR) is 118 cm³/mol. The van der Waals surface area contributed by atoms with Crippen molar-refractivity contribution in [3.63, 3.8) is 0 Å². The maximum absolute atomic E-state index is 13.2. The summed E-state index contributed by atoms with van der Waals surface area (Å²) in [5.41, 5.74) is 1.93. The standard InChI is InChI=1S/C23H24BrN3O/c1-2-19(23(28)16-7-9-18(24)10-8-16)21-15-27(12-11-26-21)22-14-25-13-17-5-3-4-6-20(17)22/h3-10,13-14,19,21,26H,2,11-12,15H2,1H3. The molecule has 0 radical (unpaired) electrons. The first-order valence-electron chi connectivity index (χ1n) is 9.78. The summed E-state index contributed by atoms with van der Waals surface area (Å²) in [6.45, 7) is 4.67. The molecule has 1 N–H and O–H groups in total. The molecule has 0 saturated carbocycles. The van der Waals surface area contributed by atoms with Crippen LogP contribution in [0.3, 0.4) is 0 Å². The molecule has 1 aliphatic rings. The summed E-state index contributed by atoms with van der Waals surface area (Å²) >= 11 is 3.44. The van der Waals surface area contributed by atoms with Crippen LogP contribution in [-0.2, 0) is 0 Å². The molecule has 0 aliphatic carbocycles. The van der Waals surface area contributed by atoms with Crippen molar-refractivity contribution < 1.29 is 4.79 Å². The van der Waals surface area contributed by atoms with Crippen molar-refractivity contribution in [3.8, 4) is 0 Å². The molecule has 2 aromatic carbocycles. The molecule has 1 aromatic heterocycles. The zero-order valence-electron chi connectivity index (χ0n) is 15.9. The molecule has 28 heavy (non-hydrogen) atoms. The molecule has 4 nitrogen and oxygen atoms in total. The summed E-state index contributed by atoms with van der Waals surface area (Å²) < 4.78 is 0.988. The van der Waals surface area contributed by atoms with E-state index in [2.05, 4.69) is 56.3 Å². The van der Waals surface area contributed by atoms with Gasteiger partial charge in [0, 0.05) is 58.6 Å². The average Bonchev–Trinajstić information content (AvgIpc) is 2.74. The Labute approximate surface area is 174 Å². The molecule has 144 valence electrons. The van der Waals surface area contributed by atoms with E-state index in [-0.39, 0.29) is 17.7 Å². The highest BCUT2D eigenvalue weighted by molar-refractivity contribution is 9.10. The highest BCUT2D eigenvalue weighted by atomic mass is 79.9. The molecule has 0 spiro atoms. The molecular formula is C23H24BrN3O. The van der Waals surface area contributed by atoms with E-state index in [9.17, 15) is 4.79 Å². The third-order valence-electron chi connectivity index (χ3n) is 5.58. The number of benzene rings is 2. The second kappa shape index (κ2) is 8.41. The van der Waals surface area contributed by atoms with Crippen LogP contribution in [0.4, 0.5) is 5.69 Å². The Morgan fingerprint density at radius 2 is 2.00 bits per heavy atom. The number of carbonyl (C=O) groups excluding carboxylic acids is 1. The van der Waals surface area contributed by atoms with Gasteiger partial charge in [-0.3, -0.25) is 9.78 Å². The lowest BCUT2D eigenvalue weighted by molar-refractivity contribution is 0.0882. The number of nitrogens with zero attached hydrogens (tertiary/aromatic N) is 2. The lowest BCUT2D eigenvalue weighted by Gasteiger charge is -2.38. The van der Waals surface area contributed by atoms with Crippen molar-refractivity contribution in [2.75, 3.05) is 24.5 Å². The maximum Gasteiger partial charge on any atom is 0.167 e. The first kappa shape index (κ1) is 19.1. The molecule has 4 rings (SSSR count). The number of rotatable bonds is 5. The van der Waals surface area contributed by atoms with Crippen molar-refractivity contribution >= 4 is 38.2 Å². The number of hydrogen-bond acceptors (Lipinski definition) is 4. The van der Waals surface area contributed by atoms with Gasteiger partial charge in [-0.05, 0) is 18.6 Å². The van der Waals surface area contributed by atoms with E-state index in [0.29, 0.717) is 0 Å². The highest BCUT2D eigenvalue weighted by Gasteiger charge is 2.31. The average molecular weight is 438 g/mol. The van der Waals surface area contributed by atoms with Crippen LogP contribution >= 0.6 is 15.9 Å². The van der Waals surface area contributed by atoms with Gasteiger partial charge in [-0.2, -0.15) is 0 Å². The number of hydrogen-bond donors (Lipinski definition) is 1. The first-order valence-corrected chi connectivity index (χ1v) is 10.6. The Kier molecular flexibility index (Phi) is 5.74. The minimum Gasteiger partial charge on any atom is -0.367 e. The van der Waals surface area contributed by atoms with Crippen molar-refractivity contribution in [2.45, 2.75) is 19.4 Å². The van der Waals surface area contributed by atoms with Gasteiger partial charge in [-0.25, -0.2) is 0 Å². The van der Waals surface area contributed by atoms with E-state index in [1.54, 1.807) is 0 Å². The Balaban J connectivity index is 1.58. The number of carbonyl (C=O) groups is 1. The van der Waals surface area contributed by atoms with Crippen LogP contribution in [0.15, 0.2) is 65.4 Å². The van der Waals surface area contributed by atoms with Crippen LogP contribution in [0.1, 0.15) is 23.7 Å². The minimum atomic E-state index is -0.0492. The van der Waals surface area contributed by atoms with Gasteiger partial charge in [0.05, 0.1) is 11.9 Å². The van der Waals surface area contributed by atoms with Crippen LogP contribution in [0.5, 0.6) is 0 Å². The van der Waals surface area contributed by atoms with E-state index < -0.39 is 0 Å². The lowest BCUT2D eigenvalue weighted by atomic mass is 9.87. The van der Waals surface area contributed by atoms with Crippen molar-refractivity contribution in [1.82, 2.24) is 10.3 Å². The summed E-state index contributed by atoms with van der Waals surface area (Å²) in [6, 6.07) is 16.1. The predicted octanol–water partition coefficient (Wildman–Crippen LogP) is 4.68. The highest BCUT2D eigenvalue weighted by Crippen LogP contribution is 2.28. The Hall–Kier alpha value is -2.24. The molecule has 5 heteroatoms. The minimum absolute atomic E-state index is 0.0492. The normalized spacial score (nSPS) is 18.2. The van der Waals surface area contributed by atoms with Crippen LogP contribution in [0.2, 0.25) is 0 Å². The van der Waals surface area contributed by atoms with Gasteiger partial charge < -0.3 is 10.2 Å². The first-order chi connectivity index (χ1) is 13.7. The number of anilines is 1. The molecule has 2 heterocycles. The molecule has 1 aliphatic heterocycles. The van der Waals surface area contributed by atoms with Gasteiger partial charge in [0.25, 0.3) is 0 Å². The number of nitrogens with one attached hydrogen (secondary N) is 1. The number of fused-ring (bicyclic) bond motifs is 1. The van der Waals surface area contributed by atoms with Crippen LogP contribution in [-0.4, -0.2) is 36.4 Å². The fourth-order valence-corrected chi connectivity index (χ4v) is 4.36. The van der Waals surface area contributed by atoms with Crippen molar-refractivity contribution in [2.24, 2.45) is 5.92 Å². The second-order valence-corrected chi connectivity index (χ2v) is 8.19. The summed E-state index contributed by atoms with van der Waals surface area (Å²) in [6.07, 6.45) is 4.67. The van der Waals surface area contributed by atoms with Crippen molar-refractivity contribution in [1.29, 1.82) is 0 Å². The molecule has 0 amide bonds. The number of Topliss-reactive ketones (excluding diaryl/α,β-unsaturated/α-hetero) is 1. The fourth-order valence-electron chi connectivity index (χ4n) is 4.10. The fraction of sp³-hybridized carbons (Fsp3) is 0.304. The van der Waals surface area contributed by atoms with E-state index in [4.69, 9.17) is 0 Å². The molecule has 1 saturated heterocycles. The Morgan fingerprint density at radius 1 is 1.21 bits per heavy atom. The number of ketones is 1. The van der Waals surface area contributed by atoms with Gasteiger partial charge >= 0.3 is 0 Å². The SMILES string of the molecule is CCC(C(=O)c1ccc(Br)cc1)C1CN(c2cncc3ccccc23)CCN1. The maximum atomic E-state index is 13.2. The quantitative estimate of drug-likeness (QED) is 0.588. The van der Waals surface area contributed by atoms with Crippen LogP contribution in [0.25, 0.3) is 10.8 Å². The third-order valence-corrected chi connectivity index (χ3v) is 6.11. The summed E-state index contributed by atoms with van der Waals surface area (Å²) in [7, 11) is 0. The number of halogens is 1. The van der Waals surface area contributed by atoms with Gasteiger partial charge in [-0.15, -0.1) is 0 Å². The third kappa shape index (κ3) is 3.82. The van der Waals surface area contributed by atoms with E-state index in [1.807, 2.05) is 42.7 Å². The largest absolute Gasteiger partial charge is 0.367 e. The lowest BCUT2D eigenvalue weighted by Crippen LogP contribution is -2.55. The van der Waals surface area contributed by atoms with E-state index in [1.165, 1.54) is 5.39 Å². The molecule has 2 unspecified atom stereocenters. The summed E-state index contributed by atoms with van der Waals surface area (Å²) in [5.74, 6) is 0.164. The van der Waals surface area contributed by atoms with Crippen LogP contribution < -0.4 is 10.2 Å². The van der Waals surface area contributed by atoms with Crippen molar-refractivity contribution in [3.05, 3.63) is 71.0 Å². The molecule has 0 bridgehead atoms. The number of pyridine rings is 1. The second-order valence-electron chi connectivity index (χ2n) is 7.27. The Bertz CT molecular complexity index is 968. The monoisotopic (exact) mass is 437 g/mol. The van der Waals surface area contributed by atoms with Gasteiger partial charge in [0.1, 0.15) is 0 Å². The topological polar surface area (TPSA) is 45.2 Å². The molecule has 2 atom stereocenters. The summed E-state index contributed by atoms with van der Waals surface area (Å²) in [5, 5.41) is 5.95. The van der Waals surface area contributed by atoms with Gasteiger partial charge in [-0.1, -0.05) is 59.3 Å². The smallest absolute Gasteiger partial charge is 0.167 e. The van der Waals surface area contributed by atoms with Crippen LogP contribution in [0, 0.1) is 5.92 Å². The van der Waals surface area contributed by atoms with Gasteiger partial charge in [0.2, 0.25) is 0 Å². The Morgan fingerprint density at radius 3 is 2.79 bits per heavy atom. The molecule has 3 aromatic rings. The zero-order valence-corrected chi connectivity index (χ0v) is 17.5. The van der Waals surface area contributed by atoms with Gasteiger partial charge in [0.15, 0.2) is 5.78 Å². The molecule has 1 fully saturated rings.